The molecule has 1 N–H and O–H groups in total. The molecular formula is C19H25N3O4. The summed E-state index contributed by atoms with van der Waals surface area (Å²) in [6.07, 6.45) is 4.27. The highest BCUT2D eigenvalue weighted by molar-refractivity contribution is 5.90. The molecule has 0 aliphatic heterocycles. The van der Waals surface area contributed by atoms with E-state index in [0.717, 1.165) is 12.0 Å². The average molecular weight is 359 g/mol. The summed E-state index contributed by atoms with van der Waals surface area (Å²) < 4.78 is 15.9. The highest BCUT2D eigenvalue weighted by atomic mass is 16.5. The number of nitrogens with zero attached hydrogens (tertiary/aromatic N) is 2. The molecule has 0 aliphatic rings. The van der Waals surface area contributed by atoms with Crippen LogP contribution in [-0.4, -0.2) is 50.3 Å². The van der Waals surface area contributed by atoms with Crippen molar-refractivity contribution in [2.24, 2.45) is 0 Å². The minimum atomic E-state index is -0.184. The van der Waals surface area contributed by atoms with E-state index in [1.807, 2.05) is 19.1 Å². The van der Waals surface area contributed by atoms with Crippen LogP contribution >= 0.6 is 0 Å². The SMILES string of the molecule is CCN(CCc1ccncc1)C(=O)Nc1cc(OC)c(OC)c(OC)c1. The van der Waals surface area contributed by atoms with Crippen LogP contribution < -0.4 is 19.5 Å². The molecule has 0 saturated carbocycles. The van der Waals surface area contributed by atoms with E-state index in [1.54, 1.807) is 29.4 Å². The molecule has 0 fully saturated rings. The number of nitrogens with one attached hydrogen (secondary N) is 1. The molecule has 0 bridgehead atoms. The molecule has 1 aromatic heterocycles. The quantitative estimate of drug-likeness (QED) is 0.783. The highest BCUT2D eigenvalue weighted by Gasteiger charge is 2.17. The first-order chi connectivity index (χ1) is 12.6. The summed E-state index contributed by atoms with van der Waals surface area (Å²) in [4.78, 5) is 18.4. The van der Waals surface area contributed by atoms with Gasteiger partial charge in [-0.25, -0.2) is 4.79 Å². The molecule has 0 aliphatic carbocycles. The van der Waals surface area contributed by atoms with Crippen LogP contribution in [0.4, 0.5) is 10.5 Å². The molecule has 0 unspecified atom stereocenters. The van der Waals surface area contributed by atoms with E-state index in [4.69, 9.17) is 14.2 Å². The number of anilines is 1. The molecule has 0 radical (unpaired) electrons. The molecule has 26 heavy (non-hydrogen) atoms. The predicted molar refractivity (Wildman–Crippen MR) is 100 cm³/mol. The summed E-state index contributed by atoms with van der Waals surface area (Å²) in [5, 5.41) is 2.89. The van der Waals surface area contributed by atoms with Crippen molar-refractivity contribution in [3.05, 3.63) is 42.2 Å². The van der Waals surface area contributed by atoms with Gasteiger partial charge in [0.1, 0.15) is 0 Å². The number of ether oxygens (including phenoxy) is 3. The van der Waals surface area contributed by atoms with Gasteiger partial charge in [0.2, 0.25) is 5.75 Å². The van der Waals surface area contributed by atoms with Crippen LogP contribution in [0.2, 0.25) is 0 Å². The number of benzene rings is 1. The Balaban J connectivity index is 2.09. The van der Waals surface area contributed by atoms with Crippen molar-refractivity contribution in [2.45, 2.75) is 13.3 Å². The molecule has 7 heteroatoms. The van der Waals surface area contributed by atoms with E-state index in [-0.39, 0.29) is 6.03 Å². The zero-order valence-corrected chi connectivity index (χ0v) is 15.6. The molecular weight excluding hydrogens is 334 g/mol. The Morgan fingerprint density at radius 3 is 2.19 bits per heavy atom. The second-order valence-electron chi connectivity index (χ2n) is 5.53. The van der Waals surface area contributed by atoms with E-state index in [1.165, 1.54) is 21.3 Å². The van der Waals surface area contributed by atoms with Crippen LogP contribution in [0.5, 0.6) is 17.2 Å². The van der Waals surface area contributed by atoms with Gasteiger partial charge in [-0.15, -0.1) is 0 Å². The standard InChI is InChI=1S/C19H25N3O4/c1-5-22(11-8-14-6-9-20-10-7-14)19(23)21-15-12-16(24-2)18(26-4)17(13-15)25-3/h6-7,9-10,12-13H,5,8,11H2,1-4H3,(H,21,23). The number of rotatable bonds is 8. The molecule has 1 heterocycles. The monoisotopic (exact) mass is 359 g/mol. The van der Waals surface area contributed by atoms with Gasteiger partial charge in [0.05, 0.1) is 27.0 Å². The van der Waals surface area contributed by atoms with E-state index < -0.39 is 0 Å². The highest BCUT2D eigenvalue weighted by Crippen LogP contribution is 2.39. The van der Waals surface area contributed by atoms with Gasteiger partial charge in [-0.1, -0.05) is 0 Å². The van der Waals surface area contributed by atoms with Crippen LogP contribution in [0.25, 0.3) is 0 Å². The zero-order chi connectivity index (χ0) is 18.9. The molecule has 0 spiro atoms. The summed E-state index contributed by atoms with van der Waals surface area (Å²) in [6, 6.07) is 7.12. The smallest absolute Gasteiger partial charge is 0.321 e. The van der Waals surface area contributed by atoms with E-state index >= 15 is 0 Å². The molecule has 0 atom stereocenters. The lowest BCUT2D eigenvalue weighted by Crippen LogP contribution is -2.36. The first kappa shape index (κ1) is 19.4. The number of hydrogen-bond donors (Lipinski definition) is 1. The molecule has 140 valence electrons. The van der Waals surface area contributed by atoms with E-state index in [9.17, 15) is 4.79 Å². The Morgan fingerprint density at radius 2 is 1.69 bits per heavy atom. The number of likely N-dealkylation sites (N-methyl/N-ethyl adjacent to an activating group) is 1. The molecule has 2 amide bonds. The second kappa shape index (κ2) is 9.50. The fourth-order valence-corrected chi connectivity index (χ4v) is 2.57. The predicted octanol–water partition coefficient (Wildman–Crippen LogP) is 3.20. The van der Waals surface area contributed by atoms with Crippen LogP contribution in [-0.2, 0) is 6.42 Å². The lowest BCUT2D eigenvalue weighted by Gasteiger charge is -2.22. The molecule has 2 aromatic rings. The van der Waals surface area contributed by atoms with E-state index in [2.05, 4.69) is 10.3 Å². The third-order valence-corrected chi connectivity index (χ3v) is 4.00. The van der Waals surface area contributed by atoms with Crippen molar-refractivity contribution in [1.29, 1.82) is 0 Å². The lowest BCUT2D eigenvalue weighted by atomic mass is 10.2. The van der Waals surface area contributed by atoms with Crippen molar-refractivity contribution in [1.82, 2.24) is 9.88 Å². The minimum absolute atomic E-state index is 0.184. The average Bonchev–Trinajstić information content (AvgIpc) is 2.68. The number of urea groups is 1. The van der Waals surface area contributed by atoms with Crippen molar-refractivity contribution >= 4 is 11.7 Å². The normalized spacial score (nSPS) is 10.2. The third kappa shape index (κ3) is 4.78. The molecule has 2 rings (SSSR count). The summed E-state index contributed by atoms with van der Waals surface area (Å²) in [7, 11) is 4.61. The number of carbonyl (C=O) groups is 1. The van der Waals surface area contributed by atoms with Gasteiger partial charge in [0, 0.05) is 37.6 Å². The summed E-state index contributed by atoms with van der Waals surface area (Å²) in [5.74, 6) is 1.46. The second-order valence-corrected chi connectivity index (χ2v) is 5.53. The maximum absolute atomic E-state index is 12.6. The van der Waals surface area contributed by atoms with Gasteiger partial charge >= 0.3 is 6.03 Å². The number of aromatic nitrogens is 1. The van der Waals surface area contributed by atoms with Crippen molar-refractivity contribution < 1.29 is 19.0 Å². The van der Waals surface area contributed by atoms with Gasteiger partial charge in [0.25, 0.3) is 0 Å². The zero-order valence-electron chi connectivity index (χ0n) is 15.6. The van der Waals surface area contributed by atoms with Gasteiger partial charge in [-0.2, -0.15) is 0 Å². The Bertz CT molecular complexity index is 697. The topological polar surface area (TPSA) is 72.9 Å². The Hall–Kier alpha value is -2.96. The largest absolute Gasteiger partial charge is 0.493 e. The first-order valence-electron chi connectivity index (χ1n) is 8.37. The first-order valence-corrected chi connectivity index (χ1v) is 8.37. The summed E-state index contributed by atoms with van der Waals surface area (Å²) in [6.45, 7) is 3.15. The molecule has 7 nitrogen and oxygen atoms in total. The maximum atomic E-state index is 12.6. The minimum Gasteiger partial charge on any atom is -0.493 e. The Labute approximate surface area is 153 Å². The lowest BCUT2D eigenvalue weighted by molar-refractivity contribution is 0.215. The molecule has 1 aromatic carbocycles. The van der Waals surface area contributed by atoms with Crippen molar-refractivity contribution in [3.8, 4) is 17.2 Å². The van der Waals surface area contributed by atoms with Gasteiger partial charge in [-0.3, -0.25) is 4.98 Å². The van der Waals surface area contributed by atoms with Gasteiger partial charge in [-0.05, 0) is 31.0 Å². The van der Waals surface area contributed by atoms with Crippen molar-refractivity contribution in [2.75, 3.05) is 39.7 Å². The fourth-order valence-electron chi connectivity index (χ4n) is 2.57. The van der Waals surface area contributed by atoms with E-state index in [0.29, 0.717) is 36.0 Å². The summed E-state index contributed by atoms with van der Waals surface area (Å²) >= 11 is 0. The number of pyridine rings is 1. The Kier molecular flexibility index (Phi) is 7.08. The number of hydrogen-bond acceptors (Lipinski definition) is 5. The number of carbonyl (C=O) groups excluding carboxylic acids is 1. The number of amides is 2. The van der Waals surface area contributed by atoms with Crippen molar-refractivity contribution in [3.63, 3.8) is 0 Å². The van der Waals surface area contributed by atoms with Gasteiger partial charge in [0.15, 0.2) is 11.5 Å². The van der Waals surface area contributed by atoms with Gasteiger partial charge < -0.3 is 24.4 Å². The van der Waals surface area contributed by atoms with Crippen LogP contribution in [0.3, 0.4) is 0 Å². The third-order valence-electron chi connectivity index (χ3n) is 4.00. The Morgan fingerprint density at radius 1 is 1.08 bits per heavy atom. The van der Waals surface area contributed by atoms with Crippen LogP contribution in [0, 0.1) is 0 Å². The van der Waals surface area contributed by atoms with Crippen LogP contribution in [0.1, 0.15) is 12.5 Å². The number of methoxy groups -OCH3 is 3. The summed E-state index contributed by atoms with van der Waals surface area (Å²) in [5.41, 5.74) is 1.71. The molecule has 0 saturated heterocycles. The van der Waals surface area contributed by atoms with Crippen LogP contribution in [0.15, 0.2) is 36.7 Å². The maximum Gasteiger partial charge on any atom is 0.321 e. The fraction of sp³-hybridized carbons (Fsp3) is 0.368.